The van der Waals surface area contributed by atoms with Crippen LogP contribution in [0, 0.1) is 5.92 Å². The van der Waals surface area contributed by atoms with E-state index in [-0.39, 0.29) is 12.1 Å². The molecule has 2 rings (SSSR count). The van der Waals surface area contributed by atoms with E-state index in [9.17, 15) is 19.0 Å². The molecule has 3 unspecified atom stereocenters. The fourth-order valence-corrected chi connectivity index (χ4v) is 2.15. The third-order valence-corrected chi connectivity index (χ3v) is 3.16. The first-order valence-corrected chi connectivity index (χ1v) is 4.69. The van der Waals surface area contributed by atoms with Crippen LogP contribution in [0.3, 0.4) is 0 Å². The molecule has 0 radical (unpaired) electrons. The van der Waals surface area contributed by atoms with Crippen molar-refractivity contribution in [2.24, 2.45) is 5.92 Å². The molecule has 1 saturated heterocycles. The van der Waals surface area contributed by atoms with Gasteiger partial charge in [0.25, 0.3) is 6.08 Å². The first-order chi connectivity index (χ1) is 6.55. The number of rotatable bonds is 1. The number of hydrogen-bond donors (Lipinski definition) is 3. The Bertz CT molecular complexity index is 262. The van der Waals surface area contributed by atoms with E-state index in [4.69, 9.17) is 0 Å². The van der Waals surface area contributed by atoms with Gasteiger partial charge in [-0.3, -0.25) is 0 Å². The second-order valence-electron chi connectivity index (χ2n) is 4.08. The van der Waals surface area contributed by atoms with Crippen LogP contribution in [-0.4, -0.2) is 34.5 Å². The lowest BCUT2D eigenvalue weighted by atomic mass is 9.84. The highest BCUT2D eigenvalue weighted by Gasteiger charge is 2.55. The monoisotopic (exact) mass is 205 g/mol. The maximum absolute atomic E-state index is 12.1. The van der Waals surface area contributed by atoms with Crippen molar-refractivity contribution in [3.8, 4) is 0 Å². The standard InChI is InChI=1S/C9H13F2NO2/c10-7(11)3-5-8(14)6(13)4-12-9(5)1-2-9/h3,5-6,8,12-14H,1-2,4H2. The number of aliphatic hydroxyl groups excluding tert-OH is 2. The van der Waals surface area contributed by atoms with E-state index in [1.165, 1.54) is 0 Å². The first-order valence-electron chi connectivity index (χ1n) is 4.69. The molecule has 2 aliphatic rings. The Hall–Kier alpha value is -0.520. The van der Waals surface area contributed by atoms with E-state index >= 15 is 0 Å². The second-order valence-corrected chi connectivity index (χ2v) is 4.08. The van der Waals surface area contributed by atoms with Gasteiger partial charge in [-0.25, -0.2) is 0 Å². The Balaban J connectivity index is 2.19. The van der Waals surface area contributed by atoms with Crippen LogP contribution < -0.4 is 5.32 Å². The molecular weight excluding hydrogens is 192 g/mol. The third kappa shape index (κ3) is 1.55. The lowest BCUT2D eigenvalue weighted by Gasteiger charge is -2.38. The number of β-amino-alcohol motifs (C(OH)–C–C–N with tert-alkyl or cyclic N) is 1. The Morgan fingerprint density at radius 3 is 2.50 bits per heavy atom. The van der Waals surface area contributed by atoms with Gasteiger partial charge in [-0.15, -0.1) is 0 Å². The summed E-state index contributed by atoms with van der Waals surface area (Å²) in [6.45, 7) is 0.277. The maximum atomic E-state index is 12.1. The summed E-state index contributed by atoms with van der Waals surface area (Å²) >= 11 is 0. The number of halogens is 2. The van der Waals surface area contributed by atoms with E-state index in [0.29, 0.717) is 0 Å². The van der Waals surface area contributed by atoms with E-state index in [1.807, 2.05) is 0 Å². The van der Waals surface area contributed by atoms with Gasteiger partial charge < -0.3 is 15.5 Å². The second kappa shape index (κ2) is 3.25. The summed E-state index contributed by atoms with van der Waals surface area (Å²) in [6, 6.07) is 0. The Morgan fingerprint density at radius 1 is 1.36 bits per heavy atom. The van der Waals surface area contributed by atoms with E-state index in [1.54, 1.807) is 0 Å². The van der Waals surface area contributed by atoms with E-state index in [0.717, 1.165) is 18.9 Å². The molecule has 3 N–H and O–H groups in total. The maximum Gasteiger partial charge on any atom is 0.266 e. The van der Waals surface area contributed by atoms with Crippen molar-refractivity contribution in [2.75, 3.05) is 6.54 Å². The topological polar surface area (TPSA) is 52.5 Å². The molecule has 2 fully saturated rings. The van der Waals surface area contributed by atoms with Crippen molar-refractivity contribution >= 4 is 0 Å². The fourth-order valence-electron chi connectivity index (χ4n) is 2.15. The zero-order valence-electron chi connectivity index (χ0n) is 7.58. The van der Waals surface area contributed by atoms with Crippen LogP contribution in [0.5, 0.6) is 0 Å². The highest BCUT2D eigenvalue weighted by atomic mass is 19.3. The molecule has 1 aliphatic heterocycles. The van der Waals surface area contributed by atoms with Gasteiger partial charge >= 0.3 is 0 Å². The van der Waals surface area contributed by atoms with Crippen LogP contribution in [-0.2, 0) is 0 Å². The van der Waals surface area contributed by atoms with Crippen LogP contribution in [0.25, 0.3) is 0 Å². The SMILES string of the molecule is OC1CNC2(CC2)C(C=C(F)F)C1O. The summed E-state index contributed by atoms with van der Waals surface area (Å²) in [5.41, 5.74) is -0.387. The first kappa shape index (κ1) is 10.0. The van der Waals surface area contributed by atoms with Gasteiger partial charge in [-0.2, -0.15) is 8.78 Å². The van der Waals surface area contributed by atoms with Crippen molar-refractivity contribution in [2.45, 2.75) is 30.6 Å². The summed E-state index contributed by atoms with van der Waals surface area (Å²) < 4.78 is 24.3. The van der Waals surface area contributed by atoms with Gasteiger partial charge in [0.15, 0.2) is 0 Å². The molecule has 14 heavy (non-hydrogen) atoms. The zero-order valence-corrected chi connectivity index (χ0v) is 7.58. The smallest absolute Gasteiger partial charge is 0.266 e. The molecule has 0 aromatic carbocycles. The quantitative estimate of drug-likeness (QED) is 0.575. The molecule has 0 aromatic rings. The lowest BCUT2D eigenvalue weighted by molar-refractivity contribution is -0.0431. The molecule has 0 amide bonds. The van der Waals surface area contributed by atoms with Gasteiger partial charge in [0, 0.05) is 18.0 Å². The summed E-state index contributed by atoms with van der Waals surface area (Å²) in [7, 11) is 0. The average Bonchev–Trinajstić information content (AvgIpc) is 2.88. The molecular formula is C9H13F2NO2. The van der Waals surface area contributed by atoms with Gasteiger partial charge in [-0.1, -0.05) is 0 Å². The molecule has 3 nitrogen and oxygen atoms in total. The van der Waals surface area contributed by atoms with Crippen LogP contribution in [0.15, 0.2) is 12.2 Å². The van der Waals surface area contributed by atoms with Crippen LogP contribution in [0.2, 0.25) is 0 Å². The van der Waals surface area contributed by atoms with Crippen molar-refractivity contribution < 1.29 is 19.0 Å². The normalized spacial score (nSPS) is 39.6. The fraction of sp³-hybridized carbons (Fsp3) is 0.778. The average molecular weight is 205 g/mol. The molecule has 1 aliphatic carbocycles. The van der Waals surface area contributed by atoms with Gasteiger partial charge in [-0.05, 0) is 18.9 Å². The van der Waals surface area contributed by atoms with Crippen molar-refractivity contribution in [1.82, 2.24) is 5.32 Å². The van der Waals surface area contributed by atoms with Crippen LogP contribution in [0.1, 0.15) is 12.8 Å². The van der Waals surface area contributed by atoms with Gasteiger partial charge in [0.2, 0.25) is 0 Å². The van der Waals surface area contributed by atoms with Crippen molar-refractivity contribution in [3.05, 3.63) is 12.2 Å². The van der Waals surface area contributed by atoms with E-state index in [2.05, 4.69) is 5.32 Å². The molecule has 0 aromatic heterocycles. The minimum absolute atomic E-state index is 0.277. The number of hydrogen-bond acceptors (Lipinski definition) is 3. The highest BCUT2D eigenvalue weighted by Crippen LogP contribution is 2.47. The molecule has 3 atom stereocenters. The molecule has 1 saturated carbocycles. The Labute approximate surface area is 80.4 Å². The predicted octanol–water partition coefficient (Wildman–Crippen LogP) is 0.241. The Morgan fingerprint density at radius 2 is 2.00 bits per heavy atom. The molecule has 1 spiro atoms. The van der Waals surface area contributed by atoms with Gasteiger partial charge in [0.05, 0.1) is 12.2 Å². The summed E-state index contributed by atoms with van der Waals surface area (Å²) in [5.74, 6) is -0.670. The summed E-state index contributed by atoms with van der Waals surface area (Å²) in [6.07, 6.45) is -1.51. The molecule has 5 heteroatoms. The number of piperidine rings is 1. The zero-order chi connectivity index (χ0) is 10.3. The highest BCUT2D eigenvalue weighted by molar-refractivity contribution is 5.18. The molecule has 1 heterocycles. The minimum atomic E-state index is -1.80. The van der Waals surface area contributed by atoms with Crippen molar-refractivity contribution in [3.63, 3.8) is 0 Å². The van der Waals surface area contributed by atoms with Crippen molar-refractivity contribution in [1.29, 1.82) is 0 Å². The minimum Gasteiger partial charge on any atom is -0.390 e. The van der Waals surface area contributed by atoms with E-state index < -0.39 is 24.2 Å². The largest absolute Gasteiger partial charge is 0.390 e. The number of aliphatic hydroxyl groups is 2. The summed E-state index contributed by atoms with van der Waals surface area (Å²) in [5, 5.41) is 21.9. The van der Waals surface area contributed by atoms with Crippen LogP contribution in [0.4, 0.5) is 8.78 Å². The lowest BCUT2D eigenvalue weighted by Crippen LogP contribution is -2.57. The predicted molar refractivity (Wildman–Crippen MR) is 45.8 cm³/mol. The summed E-state index contributed by atoms with van der Waals surface area (Å²) in [4.78, 5) is 0. The Kier molecular flexibility index (Phi) is 2.33. The third-order valence-electron chi connectivity index (χ3n) is 3.16. The van der Waals surface area contributed by atoms with Gasteiger partial charge in [0.1, 0.15) is 0 Å². The number of nitrogens with one attached hydrogen (secondary N) is 1. The molecule has 0 bridgehead atoms. The van der Waals surface area contributed by atoms with Crippen LogP contribution >= 0.6 is 0 Å². The molecule has 80 valence electrons.